The lowest BCUT2D eigenvalue weighted by atomic mass is 10.1. The van der Waals surface area contributed by atoms with Crippen molar-refractivity contribution in [2.75, 3.05) is 5.32 Å². The Bertz CT molecular complexity index is 1010. The van der Waals surface area contributed by atoms with Gasteiger partial charge in [-0.3, -0.25) is 15.1 Å². The van der Waals surface area contributed by atoms with Gasteiger partial charge in [-0.1, -0.05) is 59.9 Å². The third-order valence-corrected chi connectivity index (χ3v) is 4.45. The highest BCUT2D eigenvalue weighted by atomic mass is 32.1. The molecule has 0 spiro atoms. The lowest BCUT2D eigenvalue weighted by molar-refractivity contribution is 0.102. The van der Waals surface area contributed by atoms with E-state index in [4.69, 9.17) is 0 Å². The molecule has 6 heteroatoms. The van der Waals surface area contributed by atoms with Gasteiger partial charge in [0.05, 0.1) is 11.1 Å². The van der Waals surface area contributed by atoms with Gasteiger partial charge in [0.15, 0.2) is 0 Å². The largest absolute Gasteiger partial charge is 0.296 e. The number of anilines is 1. The van der Waals surface area contributed by atoms with Crippen LogP contribution in [0.5, 0.6) is 0 Å². The third-order valence-electron chi connectivity index (χ3n) is 3.56. The fourth-order valence-corrected chi connectivity index (χ4v) is 3.17. The number of nitrogens with one attached hydrogen (secondary N) is 1. The molecule has 1 amide bonds. The highest BCUT2D eigenvalue weighted by Gasteiger charge is 2.13. The molecule has 116 valence electrons. The zero-order valence-electron chi connectivity index (χ0n) is 12.5. The minimum atomic E-state index is -0.218. The van der Waals surface area contributed by atoms with Crippen molar-refractivity contribution in [3.05, 3.63) is 72.4 Å². The van der Waals surface area contributed by atoms with Gasteiger partial charge in [-0.2, -0.15) is 0 Å². The van der Waals surface area contributed by atoms with Crippen LogP contribution in [0.1, 0.15) is 10.4 Å². The monoisotopic (exact) mass is 332 g/mol. The van der Waals surface area contributed by atoms with Crippen LogP contribution < -0.4 is 5.32 Å². The van der Waals surface area contributed by atoms with E-state index in [-0.39, 0.29) is 5.91 Å². The Morgan fingerprint density at radius 1 is 0.917 bits per heavy atom. The first-order valence-corrected chi connectivity index (χ1v) is 8.17. The van der Waals surface area contributed by atoms with Crippen LogP contribution in [0.4, 0.5) is 5.13 Å². The van der Waals surface area contributed by atoms with Crippen molar-refractivity contribution < 1.29 is 4.79 Å². The molecule has 0 atom stereocenters. The predicted molar refractivity (Wildman–Crippen MR) is 95.0 cm³/mol. The standard InChI is InChI=1S/C18H12N4OS/c23-16(14-10-11-19-15-9-5-4-8-13(14)15)20-18-22-21-17(24-18)12-6-2-1-3-7-12/h1-11H,(H,20,22,23). The fourth-order valence-electron chi connectivity index (χ4n) is 2.43. The SMILES string of the molecule is O=C(Nc1nnc(-c2ccccc2)s1)c1ccnc2ccccc12. The fraction of sp³-hybridized carbons (Fsp3) is 0. The molecular weight excluding hydrogens is 320 g/mol. The number of nitrogens with zero attached hydrogens (tertiary/aromatic N) is 3. The molecule has 2 heterocycles. The summed E-state index contributed by atoms with van der Waals surface area (Å²) >= 11 is 1.34. The molecule has 0 bridgehead atoms. The van der Waals surface area contributed by atoms with Crippen molar-refractivity contribution >= 4 is 33.3 Å². The minimum Gasteiger partial charge on any atom is -0.296 e. The molecule has 5 nitrogen and oxygen atoms in total. The van der Waals surface area contributed by atoms with Crippen LogP contribution in [0, 0.1) is 0 Å². The van der Waals surface area contributed by atoms with Gasteiger partial charge in [0, 0.05) is 17.1 Å². The van der Waals surface area contributed by atoms with Gasteiger partial charge in [0.1, 0.15) is 5.01 Å². The van der Waals surface area contributed by atoms with Crippen LogP contribution in [-0.4, -0.2) is 21.1 Å². The first kappa shape index (κ1) is 14.5. The zero-order valence-corrected chi connectivity index (χ0v) is 13.3. The van der Waals surface area contributed by atoms with Crippen molar-refractivity contribution in [1.82, 2.24) is 15.2 Å². The van der Waals surface area contributed by atoms with E-state index >= 15 is 0 Å². The Hall–Kier alpha value is -3.12. The van der Waals surface area contributed by atoms with Crippen molar-refractivity contribution in [3.63, 3.8) is 0 Å². The number of para-hydroxylation sites is 1. The van der Waals surface area contributed by atoms with Crippen molar-refractivity contribution in [1.29, 1.82) is 0 Å². The molecule has 0 aliphatic carbocycles. The van der Waals surface area contributed by atoms with Crippen molar-refractivity contribution in [2.24, 2.45) is 0 Å². The Kier molecular flexibility index (Phi) is 3.72. The number of pyridine rings is 1. The van der Waals surface area contributed by atoms with Crippen LogP contribution in [0.15, 0.2) is 66.9 Å². The number of carbonyl (C=O) groups is 1. The maximum absolute atomic E-state index is 12.6. The molecule has 0 fully saturated rings. The number of hydrogen-bond acceptors (Lipinski definition) is 5. The molecule has 0 radical (unpaired) electrons. The van der Waals surface area contributed by atoms with E-state index < -0.39 is 0 Å². The third kappa shape index (κ3) is 2.75. The van der Waals surface area contributed by atoms with Crippen LogP contribution in [-0.2, 0) is 0 Å². The summed E-state index contributed by atoms with van der Waals surface area (Å²) in [6.45, 7) is 0. The maximum Gasteiger partial charge on any atom is 0.258 e. The first-order chi connectivity index (χ1) is 11.8. The molecule has 0 aliphatic heterocycles. The summed E-state index contributed by atoms with van der Waals surface area (Å²) in [5.74, 6) is -0.218. The van der Waals surface area contributed by atoms with Gasteiger partial charge >= 0.3 is 0 Å². The number of amides is 1. The summed E-state index contributed by atoms with van der Waals surface area (Å²) in [5, 5.41) is 13.1. The second-order valence-electron chi connectivity index (χ2n) is 5.11. The van der Waals surface area contributed by atoms with Gasteiger partial charge in [-0.25, -0.2) is 0 Å². The normalized spacial score (nSPS) is 10.7. The number of carbonyl (C=O) groups excluding carboxylic acids is 1. The van der Waals surface area contributed by atoms with E-state index in [0.717, 1.165) is 21.5 Å². The van der Waals surface area contributed by atoms with Crippen molar-refractivity contribution in [2.45, 2.75) is 0 Å². The number of hydrogen-bond donors (Lipinski definition) is 1. The molecule has 2 aromatic heterocycles. The molecule has 24 heavy (non-hydrogen) atoms. The summed E-state index contributed by atoms with van der Waals surface area (Å²) in [4.78, 5) is 16.8. The van der Waals surface area contributed by atoms with Crippen LogP contribution >= 0.6 is 11.3 Å². The summed E-state index contributed by atoms with van der Waals surface area (Å²) in [5.41, 5.74) is 2.33. The van der Waals surface area contributed by atoms with E-state index in [2.05, 4.69) is 20.5 Å². The van der Waals surface area contributed by atoms with Gasteiger partial charge in [-0.15, -0.1) is 10.2 Å². The van der Waals surface area contributed by atoms with Crippen LogP contribution in [0.25, 0.3) is 21.5 Å². The second-order valence-corrected chi connectivity index (χ2v) is 6.09. The van der Waals surface area contributed by atoms with E-state index in [9.17, 15) is 4.79 Å². The van der Waals surface area contributed by atoms with Gasteiger partial charge in [-0.05, 0) is 12.1 Å². The highest BCUT2D eigenvalue weighted by molar-refractivity contribution is 7.18. The molecule has 0 aliphatic rings. The van der Waals surface area contributed by atoms with Gasteiger partial charge < -0.3 is 0 Å². The molecular formula is C18H12N4OS. The number of benzene rings is 2. The Balaban J connectivity index is 1.61. The van der Waals surface area contributed by atoms with E-state index in [1.165, 1.54) is 11.3 Å². The summed E-state index contributed by atoms with van der Waals surface area (Å²) in [6, 6.07) is 19.0. The van der Waals surface area contributed by atoms with Gasteiger partial charge in [0.2, 0.25) is 5.13 Å². The number of fused-ring (bicyclic) bond motifs is 1. The first-order valence-electron chi connectivity index (χ1n) is 7.35. The second kappa shape index (κ2) is 6.17. The zero-order chi connectivity index (χ0) is 16.4. The van der Waals surface area contributed by atoms with E-state index in [1.807, 2.05) is 54.6 Å². The molecule has 0 unspecified atom stereocenters. The Labute approximate surface area is 142 Å². The average molecular weight is 332 g/mol. The van der Waals surface area contributed by atoms with Crippen LogP contribution in [0.2, 0.25) is 0 Å². The van der Waals surface area contributed by atoms with E-state index in [1.54, 1.807) is 12.3 Å². The molecule has 0 saturated heterocycles. The molecule has 4 rings (SSSR count). The molecule has 4 aromatic rings. The topological polar surface area (TPSA) is 67.8 Å². The summed E-state index contributed by atoms with van der Waals surface area (Å²) < 4.78 is 0. The van der Waals surface area contributed by atoms with Gasteiger partial charge in [0.25, 0.3) is 5.91 Å². The van der Waals surface area contributed by atoms with Crippen LogP contribution in [0.3, 0.4) is 0 Å². The number of rotatable bonds is 3. The quantitative estimate of drug-likeness (QED) is 0.615. The summed E-state index contributed by atoms with van der Waals surface area (Å²) in [7, 11) is 0. The molecule has 2 aromatic carbocycles. The van der Waals surface area contributed by atoms with Crippen molar-refractivity contribution in [3.8, 4) is 10.6 Å². The summed E-state index contributed by atoms with van der Waals surface area (Å²) in [6.07, 6.45) is 1.63. The Morgan fingerprint density at radius 3 is 2.58 bits per heavy atom. The number of aromatic nitrogens is 3. The average Bonchev–Trinajstić information content (AvgIpc) is 3.10. The molecule has 0 saturated carbocycles. The predicted octanol–water partition coefficient (Wildman–Crippen LogP) is 4.01. The smallest absolute Gasteiger partial charge is 0.258 e. The minimum absolute atomic E-state index is 0.218. The Morgan fingerprint density at radius 2 is 1.71 bits per heavy atom. The van der Waals surface area contributed by atoms with E-state index in [0.29, 0.717) is 10.7 Å². The molecule has 1 N–H and O–H groups in total. The lowest BCUT2D eigenvalue weighted by Gasteiger charge is -2.04. The highest BCUT2D eigenvalue weighted by Crippen LogP contribution is 2.26. The maximum atomic E-state index is 12.6. The lowest BCUT2D eigenvalue weighted by Crippen LogP contribution is -2.12.